The van der Waals surface area contributed by atoms with Crippen molar-refractivity contribution in [2.75, 3.05) is 11.4 Å². The fourth-order valence-electron chi connectivity index (χ4n) is 1.80. The first-order valence-corrected chi connectivity index (χ1v) is 4.97. The number of pyridine rings is 1. The van der Waals surface area contributed by atoms with Crippen molar-refractivity contribution in [2.24, 2.45) is 0 Å². The van der Waals surface area contributed by atoms with Crippen LogP contribution in [0.1, 0.15) is 17.5 Å². The number of anilines is 1. The molecule has 1 N–H and O–H groups in total. The lowest BCUT2D eigenvalue weighted by Crippen LogP contribution is -2.27. The third-order valence-electron chi connectivity index (χ3n) is 2.54. The summed E-state index contributed by atoms with van der Waals surface area (Å²) in [6.45, 7) is 2.07. The average molecular weight is 217 g/mol. The van der Waals surface area contributed by atoms with E-state index >= 15 is 0 Å². The monoisotopic (exact) mass is 217 g/mol. The first kappa shape index (κ1) is 10.6. The van der Waals surface area contributed by atoms with Gasteiger partial charge in [0.05, 0.1) is 24.6 Å². The molecule has 16 heavy (non-hydrogen) atoms. The molecule has 0 aromatic carbocycles. The normalized spacial score (nSPS) is 19.9. The minimum atomic E-state index is -0.621. The van der Waals surface area contributed by atoms with Crippen LogP contribution < -0.4 is 4.90 Å². The van der Waals surface area contributed by atoms with Gasteiger partial charge in [0.1, 0.15) is 11.9 Å². The van der Waals surface area contributed by atoms with Crippen molar-refractivity contribution in [3.05, 3.63) is 23.4 Å². The Morgan fingerprint density at radius 1 is 1.69 bits per heavy atom. The standard InChI is InChI=1S/C11H11N3O2/c1-7-2-8(4-12)5-13-11(7)14-6-9(15)3-10(14)16/h2,5,9,15H,3,6H2,1H3. The number of amides is 1. The predicted molar refractivity (Wildman–Crippen MR) is 56.7 cm³/mol. The van der Waals surface area contributed by atoms with Crippen molar-refractivity contribution in [1.29, 1.82) is 5.26 Å². The molecule has 1 atom stereocenters. The number of aliphatic hydroxyl groups excluding tert-OH is 1. The number of hydrogen-bond acceptors (Lipinski definition) is 4. The molecule has 5 nitrogen and oxygen atoms in total. The molecule has 1 amide bonds. The van der Waals surface area contributed by atoms with E-state index in [1.165, 1.54) is 11.1 Å². The van der Waals surface area contributed by atoms with Gasteiger partial charge in [-0.2, -0.15) is 5.26 Å². The van der Waals surface area contributed by atoms with Gasteiger partial charge in [0.2, 0.25) is 5.91 Å². The number of nitrogens with zero attached hydrogens (tertiary/aromatic N) is 3. The highest BCUT2D eigenvalue weighted by Gasteiger charge is 2.30. The SMILES string of the molecule is Cc1cc(C#N)cnc1N1CC(O)CC1=O. The zero-order chi connectivity index (χ0) is 11.7. The Balaban J connectivity index is 2.35. The fraction of sp³-hybridized carbons (Fsp3) is 0.364. The molecule has 1 fully saturated rings. The minimum Gasteiger partial charge on any atom is -0.391 e. The number of hydrogen-bond donors (Lipinski definition) is 1. The quantitative estimate of drug-likeness (QED) is 0.736. The van der Waals surface area contributed by atoms with Gasteiger partial charge in [0.25, 0.3) is 0 Å². The van der Waals surface area contributed by atoms with E-state index in [9.17, 15) is 9.90 Å². The van der Waals surface area contributed by atoms with Crippen LogP contribution in [-0.2, 0) is 4.79 Å². The van der Waals surface area contributed by atoms with Crippen molar-refractivity contribution in [3.63, 3.8) is 0 Å². The Morgan fingerprint density at radius 2 is 2.44 bits per heavy atom. The molecular formula is C11H11N3O2. The molecule has 0 radical (unpaired) electrons. The summed E-state index contributed by atoms with van der Waals surface area (Å²) >= 11 is 0. The van der Waals surface area contributed by atoms with Crippen molar-refractivity contribution < 1.29 is 9.90 Å². The van der Waals surface area contributed by atoms with Crippen LogP contribution in [0.15, 0.2) is 12.3 Å². The highest BCUT2D eigenvalue weighted by molar-refractivity contribution is 5.95. The lowest BCUT2D eigenvalue weighted by molar-refractivity contribution is -0.117. The summed E-state index contributed by atoms with van der Waals surface area (Å²) in [6, 6.07) is 3.67. The second-order valence-electron chi connectivity index (χ2n) is 3.84. The Morgan fingerprint density at radius 3 is 2.94 bits per heavy atom. The van der Waals surface area contributed by atoms with Crippen molar-refractivity contribution >= 4 is 11.7 Å². The summed E-state index contributed by atoms with van der Waals surface area (Å²) in [5.41, 5.74) is 1.23. The van der Waals surface area contributed by atoms with Gasteiger partial charge < -0.3 is 5.11 Å². The molecule has 1 aliphatic rings. The Kier molecular flexibility index (Phi) is 2.59. The highest BCUT2D eigenvalue weighted by Crippen LogP contribution is 2.23. The fourth-order valence-corrected chi connectivity index (χ4v) is 1.80. The van der Waals surface area contributed by atoms with E-state index in [1.807, 2.05) is 6.07 Å². The van der Waals surface area contributed by atoms with E-state index in [-0.39, 0.29) is 18.9 Å². The molecule has 82 valence electrons. The predicted octanol–water partition coefficient (Wildman–Crippen LogP) is 0.359. The summed E-state index contributed by atoms with van der Waals surface area (Å²) in [6.07, 6.45) is 0.950. The van der Waals surface area contributed by atoms with E-state index < -0.39 is 6.10 Å². The molecule has 1 aromatic rings. The number of β-amino-alcohol motifs (C(OH)–C–C–N with tert-alkyl or cyclic N) is 1. The van der Waals surface area contributed by atoms with Gasteiger partial charge in [-0.15, -0.1) is 0 Å². The zero-order valence-corrected chi connectivity index (χ0v) is 8.84. The van der Waals surface area contributed by atoms with E-state index in [4.69, 9.17) is 5.26 Å². The second-order valence-corrected chi connectivity index (χ2v) is 3.84. The molecular weight excluding hydrogens is 206 g/mol. The van der Waals surface area contributed by atoms with Crippen LogP contribution in [0, 0.1) is 18.3 Å². The number of aromatic nitrogens is 1. The molecule has 0 bridgehead atoms. The number of aryl methyl sites for hydroxylation is 1. The van der Waals surface area contributed by atoms with E-state index in [0.717, 1.165) is 5.56 Å². The van der Waals surface area contributed by atoms with Crippen LogP contribution in [0.2, 0.25) is 0 Å². The average Bonchev–Trinajstić information content (AvgIpc) is 2.57. The molecule has 1 unspecified atom stereocenters. The third-order valence-corrected chi connectivity index (χ3v) is 2.54. The summed E-state index contributed by atoms with van der Waals surface area (Å²) in [5, 5.41) is 18.1. The van der Waals surface area contributed by atoms with Gasteiger partial charge >= 0.3 is 0 Å². The molecule has 5 heteroatoms. The smallest absolute Gasteiger partial charge is 0.230 e. The molecule has 0 spiro atoms. The first-order valence-electron chi connectivity index (χ1n) is 4.97. The van der Waals surface area contributed by atoms with Crippen LogP contribution in [0.3, 0.4) is 0 Å². The van der Waals surface area contributed by atoms with Gasteiger partial charge in [-0.05, 0) is 18.6 Å². The number of carbonyl (C=O) groups excluding carboxylic acids is 1. The summed E-state index contributed by atoms with van der Waals surface area (Å²) < 4.78 is 0. The maximum atomic E-state index is 11.6. The molecule has 1 aliphatic heterocycles. The van der Waals surface area contributed by atoms with Gasteiger partial charge in [-0.25, -0.2) is 4.98 Å². The van der Waals surface area contributed by atoms with Gasteiger partial charge in [0, 0.05) is 6.20 Å². The number of aliphatic hydroxyl groups is 1. The number of nitriles is 1. The van der Waals surface area contributed by atoms with Gasteiger partial charge in [0.15, 0.2) is 0 Å². The van der Waals surface area contributed by atoms with Gasteiger partial charge in [-0.3, -0.25) is 9.69 Å². The zero-order valence-electron chi connectivity index (χ0n) is 8.84. The maximum absolute atomic E-state index is 11.6. The third kappa shape index (κ3) is 1.75. The van der Waals surface area contributed by atoms with Crippen LogP contribution in [0.4, 0.5) is 5.82 Å². The number of carbonyl (C=O) groups is 1. The topological polar surface area (TPSA) is 77.2 Å². The molecule has 2 rings (SSSR count). The van der Waals surface area contributed by atoms with Crippen molar-refractivity contribution in [3.8, 4) is 6.07 Å². The molecule has 1 aromatic heterocycles. The lowest BCUT2D eigenvalue weighted by atomic mass is 10.2. The molecule has 1 saturated heterocycles. The lowest BCUT2D eigenvalue weighted by Gasteiger charge is -2.16. The maximum Gasteiger partial charge on any atom is 0.230 e. The Bertz CT molecular complexity index is 479. The Hall–Kier alpha value is -1.93. The summed E-state index contributed by atoms with van der Waals surface area (Å²) in [7, 11) is 0. The molecule has 0 aliphatic carbocycles. The first-order chi connectivity index (χ1) is 7.61. The van der Waals surface area contributed by atoms with Crippen LogP contribution in [-0.4, -0.2) is 28.6 Å². The molecule has 2 heterocycles. The molecule has 0 saturated carbocycles. The highest BCUT2D eigenvalue weighted by atomic mass is 16.3. The van der Waals surface area contributed by atoms with E-state index in [0.29, 0.717) is 11.4 Å². The van der Waals surface area contributed by atoms with E-state index in [1.54, 1.807) is 13.0 Å². The second kappa shape index (κ2) is 3.91. The minimum absolute atomic E-state index is 0.132. The van der Waals surface area contributed by atoms with Crippen LogP contribution in [0.5, 0.6) is 0 Å². The number of rotatable bonds is 1. The largest absolute Gasteiger partial charge is 0.391 e. The summed E-state index contributed by atoms with van der Waals surface area (Å²) in [5.74, 6) is 0.397. The van der Waals surface area contributed by atoms with Crippen LogP contribution >= 0.6 is 0 Å². The van der Waals surface area contributed by atoms with Crippen molar-refractivity contribution in [2.45, 2.75) is 19.4 Å². The van der Waals surface area contributed by atoms with Crippen molar-refractivity contribution in [1.82, 2.24) is 4.98 Å². The Labute approximate surface area is 92.9 Å². The summed E-state index contributed by atoms with van der Waals surface area (Å²) in [4.78, 5) is 17.1. The van der Waals surface area contributed by atoms with Gasteiger partial charge in [-0.1, -0.05) is 0 Å². The van der Waals surface area contributed by atoms with Crippen LogP contribution in [0.25, 0.3) is 0 Å². The van der Waals surface area contributed by atoms with E-state index in [2.05, 4.69) is 4.98 Å².